The van der Waals surface area contributed by atoms with E-state index >= 15 is 0 Å². The van der Waals surface area contributed by atoms with Crippen LogP contribution in [0.3, 0.4) is 0 Å². The van der Waals surface area contributed by atoms with Gasteiger partial charge in [0.15, 0.2) is 0 Å². The van der Waals surface area contributed by atoms with Gasteiger partial charge in [-0.2, -0.15) is 0 Å². The first-order valence-electron chi connectivity index (χ1n) is 9.24. The molecule has 1 amide bonds. The maximum atomic E-state index is 12.2. The fraction of sp³-hybridized carbons (Fsp3) is 0.824. The van der Waals surface area contributed by atoms with Gasteiger partial charge in [-0.3, -0.25) is 9.69 Å². The molecule has 6 nitrogen and oxygen atoms in total. The second-order valence-corrected chi connectivity index (χ2v) is 7.31. The summed E-state index contributed by atoms with van der Waals surface area (Å²) < 4.78 is 2.33. The molecule has 4 rings (SSSR count). The van der Waals surface area contributed by atoms with Crippen LogP contribution in [0.25, 0.3) is 0 Å². The number of nitrogens with one attached hydrogen (secondary N) is 1. The van der Waals surface area contributed by atoms with E-state index in [1.165, 1.54) is 32.1 Å². The maximum absolute atomic E-state index is 12.2. The number of rotatable bonds is 5. The summed E-state index contributed by atoms with van der Waals surface area (Å²) in [5.74, 6) is 3.14. The molecule has 1 N–H and O–H groups in total. The van der Waals surface area contributed by atoms with E-state index in [0.29, 0.717) is 6.54 Å². The summed E-state index contributed by atoms with van der Waals surface area (Å²) in [6.07, 6.45) is 9.54. The maximum Gasteiger partial charge on any atom is 0.234 e. The lowest BCUT2D eigenvalue weighted by atomic mass is 10.2. The Bertz CT molecular complexity index is 565. The quantitative estimate of drug-likeness (QED) is 0.897. The van der Waals surface area contributed by atoms with E-state index in [-0.39, 0.29) is 11.9 Å². The van der Waals surface area contributed by atoms with E-state index in [2.05, 4.69) is 25.0 Å². The number of likely N-dealkylation sites (tertiary alicyclic amines) is 1. The van der Waals surface area contributed by atoms with Gasteiger partial charge in [0, 0.05) is 19.5 Å². The molecule has 1 atom stereocenters. The molecule has 1 saturated heterocycles. The van der Waals surface area contributed by atoms with Gasteiger partial charge in [0.1, 0.15) is 11.6 Å². The first kappa shape index (κ1) is 15.1. The molecule has 2 fully saturated rings. The van der Waals surface area contributed by atoms with Crippen molar-refractivity contribution >= 4 is 5.91 Å². The molecule has 126 valence electrons. The lowest BCUT2D eigenvalue weighted by Crippen LogP contribution is -2.38. The zero-order valence-corrected chi connectivity index (χ0v) is 13.8. The minimum atomic E-state index is 0.166. The van der Waals surface area contributed by atoms with Gasteiger partial charge < -0.3 is 9.88 Å². The van der Waals surface area contributed by atoms with Crippen LogP contribution >= 0.6 is 0 Å². The average molecular weight is 317 g/mol. The Morgan fingerprint density at radius 2 is 2.00 bits per heavy atom. The van der Waals surface area contributed by atoms with Crippen LogP contribution in [0.5, 0.6) is 0 Å². The highest BCUT2D eigenvalue weighted by Crippen LogP contribution is 2.32. The van der Waals surface area contributed by atoms with Crippen LogP contribution in [-0.2, 0) is 17.8 Å². The highest BCUT2D eigenvalue weighted by molar-refractivity contribution is 5.78. The lowest BCUT2D eigenvalue weighted by Gasteiger charge is -2.23. The SMILES string of the molecule is O=C(CN1CCCC1c1nnc2n1CCCCC2)NCC1CC1. The van der Waals surface area contributed by atoms with Gasteiger partial charge in [0.25, 0.3) is 0 Å². The van der Waals surface area contributed by atoms with Gasteiger partial charge in [0.2, 0.25) is 5.91 Å². The highest BCUT2D eigenvalue weighted by atomic mass is 16.2. The Balaban J connectivity index is 1.42. The largest absolute Gasteiger partial charge is 0.355 e. The van der Waals surface area contributed by atoms with Crippen LogP contribution in [0.2, 0.25) is 0 Å². The Kier molecular flexibility index (Phi) is 4.33. The van der Waals surface area contributed by atoms with E-state index < -0.39 is 0 Å². The molecule has 3 heterocycles. The number of carbonyl (C=O) groups is 1. The summed E-state index contributed by atoms with van der Waals surface area (Å²) in [4.78, 5) is 14.5. The summed E-state index contributed by atoms with van der Waals surface area (Å²) in [5.41, 5.74) is 0. The molecule has 6 heteroatoms. The molecule has 1 aromatic heterocycles. The third kappa shape index (κ3) is 3.42. The Labute approximate surface area is 137 Å². The normalized spacial score (nSPS) is 25.1. The number of hydrogen-bond acceptors (Lipinski definition) is 4. The molecular formula is C17H27N5O. The van der Waals surface area contributed by atoms with Gasteiger partial charge in [-0.1, -0.05) is 6.42 Å². The number of aromatic nitrogens is 3. The molecule has 3 aliphatic rings. The second kappa shape index (κ2) is 6.59. The van der Waals surface area contributed by atoms with Crippen LogP contribution in [0.15, 0.2) is 0 Å². The molecule has 1 saturated carbocycles. The van der Waals surface area contributed by atoms with Crippen molar-refractivity contribution in [2.24, 2.45) is 5.92 Å². The molecule has 2 aliphatic heterocycles. The number of nitrogens with zero attached hydrogens (tertiary/aromatic N) is 4. The van der Waals surface area contributed by atoms with Gasteiger partial charge >= 0.3 is 0 Å². The van der Waals surface area contributed by atoms with Gasteiger partial charge in [-0.25, -0.2) is 0 Å². The van der Waals surface area contributed by atoms with Crippen LogP contribution in [0.1, 0.15) is 62.6 Å². The standard InChI is InChI=1S/C17H27N5O/c23-16(18-11-13-7-8-13)12-21-9-4-5-14(21)17-20-19-15-6-2-1-3-10-22(15)17/h13-14H,1-12H2,(H,18,23). The van der Waals surface area contributed by atoms with Crippen molar-refractivity contribution in [1.82, 2.24) is 25.0 Å². The monoisotopic (exact) mass is 317 g/mol. The predicted molar refractivity (Wildman–Crippen MR) is 86.9 cm³/mol. The fourth-order valence-electron chi connectivity index (χ4n) is 3.88. The number of fused-ring (bicyclic) bond motifs is 1. The van der Waals surface area contributed by atoms with Crippen molar-refractivity contribution in [3.8, 4) is 0 Å². The second-order valence-electron chi connectivity index (χ2n) is 7.31. The van der Waals surface area contributed by atoms with Crippen LogP contribution in [0.4, 0.5) is 0 Å². The van der Waals surface area contributed by atoms with Crippen molar-refractivity contribution in [2.75, 3.05) is 19.6 Å². The minimum Gasteiger partial charge on any atom is -0.355 e. The summed E-state index contributed by atoms with van der Waals surface area (Å²) in [6.45, 7) is 3.39. The highest BCUT2D eigenvalue weighted by Gasteiger charge is 2.32. The van der Waals surface area contributed by atoms with Crippen LogP contribution in [-0.4, -0.2) is 45.2 Å². The third-order valence-electron chi connectivity index (χ3n) is 5.43. The van der Waals surface area contributed by atoms with Crippen molar-refractivity contribution in [1.29, 1.82) is 0 Å². The number of carbonyl (C=O) groups excluding carboxylic acids is 1. The summed E-state index contributed by atoms with van der Waals surface area (Å²) in [7, 11) is 0. The molecule has 1 aliphatic carbocycles. The first-order chi connectivity index (χ1) is 11.3. The van der Waals surface area contributed by atoms with E-state index in [0.717, 1.165) is 56.5 Å². The zero-order chi connectivity index (χ0) is 15.6. The van der Waals surface area contributed by atoms with E-state index in [9.17, 15) is 4.79 Å². The van der Waals surface area contributed by atoms with E-state index in [4.69, 9.17) is 0 Å². The van der Waals surface area contributed by atoms with Gasteiger partial charge in [0.05, 0.1) is 12.6 Å². The van der Waals surface area contributed by atoms with Crippen molar-refractivity contribution in [3.05, 3.63) is 11.6 Å². The smallest absolute Gasteiger partial charge is 0.234 e. The summed E-state index contributed by atoms with van der Waals surface area (Å²) in [6, 6.07) is 0.265. The topological polar surface area (TPSA) is 63.1 Å². The molecule has 0 bridgehead atoms. The van der Waals surface area contributed by atoms with E-state index in [1.807, 2.05) is 0 Å². The predicted octanol–water partition coefficient (Wildman–Crippen LogP) is 1.67. The number of hydrogen-bond donors (Lipinski definition) is 1. The zero-order valence-electron chi connectivity index (χ0n) is 13.8. The molecule has 0 spiro atoms. The fourth-order valence-corrected chi connectivity index (χ4v) is 3.88. The van der Waals surface area contributed by atoms with Crippen LogP contribution < -0.4 is 5.32 Å². The number of amides is 1. The minimum absolute atomic E-state index is 0.166. The van der Waals surface area contributed by atoms with Crippen LogP contribution in [0, 0.1) is 5.92 Å². The number of aryl methyl sites for hydroxylation is 1. The lowest BCUT2D eigenvalue weighted by molar-refractivity contribution is -0.122. The van der Waals surface area contributed by atoms with E-state index in [1.54, 1.807) is 0 Å². The Morgan fingerprint density at radius 3 is 2.87 bits per heavy atom. The Morgan fingerprint density at radius 1 is 1.09 bits per heavy atom. The van der Waals surface area contributed by atoms with Gasteiger partial charge in [-0.15, -0.1) is 10.2 Å². The van der Waals surface area contributed by atoms with Crippen molar-refractivity contribution < 1.29 is 4.79 Å². The first-order valence-corrected chi connectivity index (χ1v) is 9.24. The molecule has 0 radical (unpaired) electrons. The molecular weight excluding hydrogens is 290 g/mol. The molecule has 0 aromatic carbocycles. The molecule has 1 unspecified atom stereocenters. The van der Waals surface area contributed by atoms with Crippen molar-refractivity contribution in [2.45, 2.75) is 64.0 Å². The summed E-state index contributed by atoms with van der Waals surface area (Å²) in [5, 5.41) is 12.0. The molecule has 1 aromatic rings. The average Bonchev–Trinajstić information content (AvgIpc) is 3.22. The summed E-state index contributed by atoms with van der Waals surface area (Å²) >= 11 is 0. The van der Waals surface area contributed by atoms with Gasteiger partial charge in [-0.05, 0) is 51.0 Å². The Hall–Kier alpha value is -1.43. The van der Waals surface area contributed by atoms with Crippen molar-refractivity contribution in [3.63, 3.8) is 0 Å². The third-order valence-corrected chi connectivity index (χ3v) is 5.43. The molecule has 23 heavy (non-hydrogen) atoms.